The molecule has 144 valence electrons. The maximum absolute atomic E-state index is 12.7. The van der Waals surface area contributed by atoms with E-state index in [2.05, 4.69) is 5.32 Å². The number of rotatable bonds is 8. The van der Waals surface area contributed by atoms with Gasteiger partial charge in [-0.25, -0.2) is 8.42 Å². The quantitative estimate of drug-likeness (QED) is 0.305. The van der Waals surface area contributed by atoms with Crippen molar-refractivity contribution in [1.29, 1.82) is 0 Å². The summed E-state index contributed by atoms with van der Waals surface area (Å²) < 4.78 is 30.5. The van der Waals surface area contributed by atoms with Gasteiger partial charge in [0.2, 0.25) is 0 Å². The Labute approximate surface area is 151 Å². The van der Waals surface area contributed by atoms with Gasteiger partial charge in [0.25, 0.3) is 5.69 Å². The van der Waals surface area contributed by atoms with E-state index in [4.69, 9.17) is 4.74 Å². The predicted molar refractivity (Wildman–Crippen MR) is 93.4 cm³/mol. The van der Waals surface area contributed by atoms with Gasteiger partial charge in [0.05, 0.1) is 16.7 Å². The van der Waals surface area contributed by atoms with Gasteiger partial charge in [-0.05, 0) is 33.8 Å². The molecule has 0 heterocycles. The summed E-state index contributed by atoms with van der Waals surface area (Å²) in [6, 6.07) is 2.69. The Morgan fingerprint density at radius 2 is 1.92 bits per heavy atom. The summed E-state index contributed by atoms with van der Waals surface area (Å²) in [6.45, 7) is 6.28. The molecule has 0 aliphatic heterocycles. The Morgan fingerprint density at radius 1 is 1.35 bits per heavy atom. The van der Waals surface area contributed by atoms with Gasteiger partial charge >= 0.3 is 5.97 Å². The smallest absolute Gasteiger partial charge is 0.324 e. The lowest BCUT2D eigenvalue weighted by Gasteiger charge is -2.25. The van der Waals surface area contributed by atoms with Crippen molar-refractivity contribution in [3.63, 3.8) is 0 Å². The van der Waals surface area contributed by atoms with Crippen molar-refractivity contribution in [2.45, 2.75) is 50.3 Å². The predicted octanol–water partition coefficient (Wildman–Crippen LogP) is 1.26. The second kappa shape index (κ2) is 8.37. The Kier molecular flexibility index (Phi) is 6.99. The molecule has 1 aromatic rings. The Balaban J connectivity index is 3.22. The molecule has 9 nitrogen and oxygen atoms in total. The zero-order valence-corrected chi connectivity index (χ0v) is 15.8. The number of esters is 1. The number of benzene rings is 1. The van der Waals surface area contributed by atoms with E-state index < -0.39 is 54.8 Å². The fourth-order valence-electron chi connectivity index (χ4n) is 2.09. The highest BCUT2D eigenvalue weighted by atomic mass is 32.2. The fraction of sp³-hybridized carbons (Fsp3) is 0.500. The van der Waals surface area contributed by atoms with Crippen molar-refractivity contribution in [3.05, 3.63) is 34.4 Å². The Hall–Kier alpha value is -2.33. The largest absolute Gasteiger partial charge is 0.459 e. The molecule has 0 saturated carbocycles. The van der Waals surface area contributed by atoms with E-state index in [0.717, 1.165) is 12.1 Å². The molecule has 0 spiro atoms. The third-order valence-corrected chi connectivity index (χ3v) is 4.93. The minimum atomic E-state index is -4.21. The number of ether oxygens (including phenoxy) is 1. The van der Waals surface area contributed by atoms with Crippen LogP contribution in [0.1, 0.15) is 27.7 Å². The van der Waals surface area contributed by atoms with Gasteiger partial charge < -0.3 is 9.53 Å². The van der Waals surface area contributed by atoms with Crippen LogP contribution in [-0.4, -0.2) is 49.0 Å². The number of nitrogens with zero attached hydrogens (tertiary/aromatic N) is 1. The summed E-state index contributed by atoms with van der Waals surface area (Å²) in [5, 5.41) is 13.7. The van der Waals surface area contributed by atoms with Crippen LogP contribution in [0.25, 0.3) is 0 Å². The number of carbonyl (C=O) groups is 2. The third-order valence-electron chi connectivity index (χ3n) is 3.14. The highest BCUT2D eigenvalue weighted by molar-refractivity contribution is 7.91. The van der Waals surface area contributed by atoms with Crippen molar-refractivity contribution in [2.75, 3.05) is 5.75 Å². The lowest BCUT2D eigenvalue weighted by molar-refractivity contribution is -0.387. The Morgan fingerprint density at radius 3 is 2.42 bits per heavy atom. The van der Waals surface area contributed by atoms with Gasteiger partial charge in [0.1, 0.15) is 22.8 Å². The lowest BCUT2D eigenvalue weighted by atomic mass is 10.2. The van der Waals surface area contributed by atoms with Crippen LogP contribution < -0.4 is 5.32 Å². The molecule has 0 radical (unpaired) electrons. The molecule has 0 aliphatic carbocycles. The number of nitro groups is 1. The van der Waals surface area contributed by atoms with E-state index in [1.165, 1.54) is 19.1 Å². The molecule has 0 unspecified atom stereocenters. The van der Waals surface area contributed by atoms with Crippen LogP contribution in [0.15, 0.2) is 29.2 Å². The van der Waals surface area contributed by atoms with Crippen LogP contribution >= 0.6 is 0 Å². The average Bonchev–Trinajstić information content (AvgIpc) is 2.52. The van der Waals surface area contributed by atoms with Crippen molar-refractivity contribution in [3.8, 4) is 0 Å². The zero-order chi connectivity index (χ0) is 20.1. The first-order valence-electron chi connectivity index (χ1n) is 7.78. The van der Waals surface area contributed by atoms with Crippen LogP contribution in [0, 0.1) is 10.1 Å². The summed E-state index contributed by atoms with van der Waals surface area (Å²) in [5.41, 5.74) is -1.46. The molecule has 10 heteroatoms. The maximum Gasteiger partial charge on any atom is 0.324 e. The van der Waals surface area contributed by atoms with Crippen molar-refractivity contribution in [2.24, 2.45) is 0 Å². The highest BCUT2D eigenvalue weighted by Crippen LogP contribution is 2.25. The monoisotopic (exact) mass is 386 g/mol. The van der Waals surface area contributed by atoms with Gasteiger partial charge in [0, 0.05) is 6.07 Å². The summed E-state index contributed by atoms with van der Waals surface area (Å²) >= 11 is 0. The maximum atomic E-state index is 12.7. The lowest BCUT2D eigenvalue weighted by Crippen LogP contribution is -2.49. The van der Waals surface area contributed by atoms with Crippen molar-refractivity contribution >= 4 is 27.8 Å². The van der Waals surface area contributed by atoms with E-state index in [-0.39, 0.29) is 0 Å². The summed E-state index contributed by atoms with van der Waals surface area (Å²) in [4.78, 5) is 33.0. The van der Waals surface area contributed by atoms with E-state index in [0.29, 0.717) is 6.29 Å². The van der Waals surface area contributed by atoms with Crippen LogP contribution in [0.3, 0.4) is 0 Å². The normalized spacial score (nSPS) is 14.3. The minimum absolute atomic E-state index is 0.501. The molecule has 1 rings (SSSR count). The SMILES string of the molecule is C[C@@H](C=O)N[C@H](CS(=O)(=O)c1ccccc1[N+](=O)[O-])C(=O)OC(C)(C)C. The summed E-state index contributed by atoms with van der Waals surface area (Å²) in [7, 11) is -4.21. The van der Waals surface area contributed by atoms with Gasteiger partial charge in [0.15, 0.2) is 9.84 Å². The van der Waals surface area contributed by atoms with E-state index in [9.17, 15) is 28.1 Å². The Bertz CT molecular complexity index is 784. The molecular weight excluding hydrogens is 364 g/mol. The van der Waals surface area contributed by atoms with E-state index in [1.807, 2.05) is 0 Å². The second-order valence-corrected chi connectivity index (χ2v) is 8.69. The third kappa shape index (κ3) is 6.19. The number of aldehydes is 1. The van der Waals surface area contributed by atoms with Crippen LogP contribution in [0.2, 0.25) is 0 Å². The molecule has 0 aromatic heterocycles. The molecule has 1 N–H and O–H groups in total. The molecule has 1 aromatic carbocycles. The topological polar surface area (TPSA) is 133 Å². The molecular formula is C16H22N2O7S. The molecule has 0 bridgehead atoms. The van der Waals surface area contributed by atoms with E-state index >= 15 is 0 Å². The molecule has 0 amide bonds. The molecule has 26 heavy (non-hydrogen) atoms. The second-order valence-electron chi connectivity index (χ2n) is 6.68. The molecule has 0 saturated heterocycles. The average molecular weight is 386 g/mol. The number of hydrogen-bond acceptors (Lipinski definition) is 8. The first-order chi connectivity index (χ1) is 11.9. The van der Waals surface area contributed by atoms with Gasteiger partial charge in [-0.2, -0.15) is 0 Å². The van der Waals surface area contributed by atoms with Crippen LogP contribution in [0.4, 0.5) is 5.69 Å². The van der Waals surface area contributed by atoms with Crippen LogP contribution in [0.5, 0.6) is 0 Å². The number of carbonyl (C=O) groups excluding carboxylic acids is 2. The minimum Gasteiger partial charge on any atom is -0.459 e. The number of nitro benzene ring substituents is 1. The van der Waals surface area contributed by atoms with Crippen LogP contribution in [-0.2, 0) is 24.2 Å². The molecule has 0 fully saturated rings. The number of para-hydroxylation sites is 1. The summed E-state index contributed by atoms with van der Waals surface area (Å²) in [5.74, 6) is -1.65. The standard InChI is InChI=1S/C16H22N2O7S/c1-11(9-19)17-12(15(20)25-16(2,3)4)10-26(23,24)14-8-6-5-7-13(14)18(21)22/h5-9,11-12,17H,10H2,1-4H3/t11-,12+/m0/s1. The molecule has 2 atom stereocenters. The van der Waals surface area contributed by atoms with Gasteiger partial charge in [-0.1, -0.05) is 12.1 Å². The zero-order valence-electron chi connectivity index (χ0n) is 15.0. The number of sulfone groups is 1. The first kappa shape index (κ1) is 21.7. The number of nitrogens with one attached hydrogen (secondary N) is 1. The first-order valence-corrected chi connectivity index (χ1v) is 9.43. The fourth-order valence-corrected chi connectivity index (χ4v) is 3.69. The number of hydrogen-bond donors (Lipinski definition) is 1. The van der Waals surface area contributed by atoms with Crippen molar-refractivity contribution < 1.29 is 27.7 Å². The highest BCUT2D eigenvalue weighted by Gasteiger charge is 2.34. The van der Waals surface area contributed by atoms with Gasteiger partial charge in [-0.15, -0.1) is 0 Å². The summed E-state index contributed by atoms with van der Waals surface area (Å²) in [6.07, 6.45) is 0.509. The van der Waals surface area contributed by atoms with E-state index in [1.54, 1.807) is 20.8 Å². The molecule has 0 aliphatic rings. The van der Waals surface area contributed by atoms with Gasteiger partial charge in [-0.3, -0.25) is 20.2 Å². The van der Waals surface area contributed by atoms with Crippen molar-refractivity contribution in [1.82, 2.24) is 5.32 Å².